The monoisotopic (exact) mass is 291 g/mol. The molecule has 3 rings (SSSR count). The zero-order chi connectivity index (χ0) is 15.4. The Bertz CT molecular complexity index is 595. The number of carbonyl (C=O) groups excluding carboxylic acids is 2. The predicted octanol–water partition coefficient (Wildman–Crippen LogP) is 3.19. The molecule has 2 atom stereocenters. The van der Waals surface area contributed by atoms with Crippen LogP contribution in [0.15, 0.2) is 60.7 Å². The highest BCUT2D eigenvalue weighted by molar-refractivity contribution is 6.29. The van der Waals surface area contributed by atoms with Crippen molar-refractivity contribution < 1.29 is 14.2 Å². The number of rotatable bonds is 4. The molecule has 0 N–H and O–H groups in total. The van der Waals surface area contributed by atoms with Gasteiger partial charge in [-0.25, -0.2) is 0 Å². The van der Waals surface area contributed by atoms with Crippen LogP contribution in [-0.4, -0.2) is 25.2 Å². The van der Waals surface area contributed by atoms with Gasteiger partial charge in [0.25, 0.3) is 7.48 Å². The number of hydrogen-bond donors (Lipinski definition) is 0. The van der Waals surface area contributed by atoms with Crippen molar-refractivity contribution in [3.63, 3.8) is 0 Å². The smallest absolute Gasteiger partial charge is 0.293 e. The predicted molar refractivity (Wildman–Crippen MR) is 85.1 cm³/mol. The van der Waals surface area contributed by atoms with Crippen molar-refractivity contribution in [2.45, 2.75) is 18.8 Å². The molecule has 0 aromatic heterocycles. The van der Waals surface area contributed by atoms with Crippen molar-refractivity contribution in [1.82, 2.24) is 0 Å². The van der Waals surface area contributed by atoms with Crippen LogP contribution in [0.2, 0.25) is 6.32 Å². The highest BCUT2D eigenvalue weighted by Crippen LogP contribution is 2.27. The highest BCUT2D eigenvalue weighted by atomic mass is 16.4. The molecule has 1 radical (unpaired) electrons. The summed E-state index contributed by atoms with van der Waals surface area (Å²) >= 11 is 0. The number of carbonyl (C=O) groups is 2. The number of ketones is 2. The Hall–Kier alpha value is -2.20. The average molecular weight is 291 g/mol. The summed E-state index contributed by atoms with van der Waals surface area (Å²) in [5.41, 5.74) is 1.21. The van der Waals surface area contributed by atoms with Crippen LogP contribution >= 0.6 is 0 Å². The van der Waals surface area contributed by atoms with Crippen molar-refractivity contribution in [2.24, 2.45) is 5.92 Å². The van der Waals surface area contributed by atoms with E-state index >= 15 is 0 Å². The van der Waals surface area contributed by atoms with E-state index in [2.05, 4.69) is 0 Å². The Morgan fingerprint density at radius 1 is 0.864 bits per heavy atom. The van der Waals surface area contributed by atoms with Crippen LogP contribution in [0.1, 0.15) is 27.1 Å². The SMILES string of the molecule is O=C(c1ccccc1)C1CC[B]OC1C(=O)c1ccccc1. The Labute approximate surface area is 130 Å². The first-order chi connectivity index (χ1) is 10.8. The lowest BCUT2D eigenvalue weighted by Crippen LogP contribution is -2.41. The van der Waals surface area contributed by atoms with Crippen molar-refractivity contribution in [1.29, 1.82) is 0 Å². The van der Waals surface area contributed by atoms with Gasteiger partial charge in [-0.15, -0.1) is 0 Å². The van der Waals surface area contributed by atoms with Crippen molar-refractivity contribution in [2.75, 3.05) is 0 Å². The molecule has 109 valence electrons. The summed E-state index contributed by atoms with van der Waals surface area (Å²) in [7, 11) is 1.64. The second-order valence-corrected chi connectivity index (χ2v) is 5.37. The first kappa shape index (κ1) is 14.7. The molecule has 0 amide bonds. The summed E-state index contributed by atoms with van der Waals surface area (Å²) < 4.78 is 5.55. The van der Waals surface area contributed by atoms with E-state index in [4.69, 9.17) is 4.65 Å². The van der Waals surface area contributed by atoms with Gasteiger partial charge in [-0.2, -0.15) is 0 Å². The molecule has 1 saturated heterocycles. The summed E-state index contributed by atoms with van der Waals surface area (Å²) in [6.45, 7) is 0. The maximum atomic E-state index is 12.7. The fraction of sp³-hybridized carbons (Fsp3) is 0.222. The second-order valence-electron chi connectivity index (χ2n) is 5.37. The minimum absolute atomic E-state index is 0.0250. The Morgan fingerprint density at radius 2 is 1.41 bits per heavy atom. The molecule has 4 heteroatoms. The van der Waals surface area contributed by atoms with Gasteiger partial charge in [-0.05, 0) is 6.42 Å². The third-order valence-electron chi connectivity index (χ3n) is 3.92. The van der Waals surface area contributed by atoms with Gasteiger partial charge in [0, 0.05) is 11.1 Å². The molecule has 0 bridgehead atoms. The highest BCUT2D eigenvalue weighted by Gasteiger charge is 2.37. The largest absolute Gasteiger partial charge is 0.430 e. The van der Waals surface area contributed by atoms with Crippen molar-refractivity contribution >= 4 is 19.0 Å². The van der Waals surface area contributed by atoms with E-state index in [1.807, 2.05) is 36.4 Å². The minimum Gasteiger partial charge on any atom is -0.430 e. The quantitative estimate of drug-likeness (QED) is 0.642. The fourth-order valence-corrected chi connectivity index (χ4v) is 2.76. The van der Waals surface area contributed by atoms with Gasteiger partial charge in [-0.1, -0.05) is 67.0 Å². The van der Waals surface area contributed by atoms with E-state index in [9.17, 15) is 9.59 Å². The number of Topliss-reactive ketones (excluding diaryl/α,β-unsaturated/α-hetero) is 2. The second kappa shape index (κ2) is 6.71. The van der Waals surface area contributed by atoms with Crippen LogP contribution < -0.4 is 0 Å². The Balaban J connectivity index is 1.86. The topological polar surface area (TPSA) is 43.4 Å². The van der Waals surface area contributed by atoms with Gasteiger partial charge in [0.1, 0.15) is 6.10 Å². The first-order valence-corrected chi connectivity index (χ1v) is 7.43. The van der Waals surface area contributed by atoms with E-state index in [0.717, 1.165) is 0 Å². The number of hydrogen-bond acceptors (Lipinski definition) is 3. The lowest BCUT2D eigenvalue weighted by molar-refractivity contribution is 0.0556. The van der Waals surface area contributed by atoms with Crippen molar-refractivity contribution in [3.8, 4) is 0 Å². The van der Waals surface area contributed by atoms with Gasteiger partial charge in [-0.3, -0.25) is 9.59 Å². The molecule has 2 unspecified atom stereocenters. The molecule has 0 aliphatic carbocycles. The molecule has 22 heavy (non-hydrogen) atoms. The van der Waals surface area contributed by atoms with E-state index in [0.29, 0.717) is 23.9 Å². The molecule has 2 aromatic carbocycles. The van der Waals surface area contributed by atoms with E-state index in [-0.39, 0.29) is 11.6 Å². The van der Waals surface area contributed by atoms with Crippen LogP contribution in [-0.2, 0) is 4.65 Å². The molecule has 1 heterocycles. The summed E-state index contributed by atoms with van der Waals surface area (Å²) in [6.07, 6.45) is 0.586. The summed E-state index contributed by atoms with van der Waals surface area (Å²) in [5, 5.41) is 0. The summed E-state index contributed by atoms with van der Waals surface area (Å²) in [5.74, 6) is -0.589. The van der Waals surface area contributed by atoms with Crippen LogP contribution in [0.3, 0.4) is 0 Å². The zero-order valence-electron chi connectivity index (χ0n) is 12.1. The molecule has 1 aliphatic heterocycles. The molecule has 1 aliphatic rings. The van der Waals surface area contributed by atoms with E-state index in [1.54, 1.807) is 31.7 Å². The lowest BCUT2D eigenvalue weighted by Gasteiger charge is -2.29. The molecule has 3 nitrogen and oxygen atoms in total. The molecule has 2 aromatic rings. The minimum atomic E-state index is -0.733. The average Bonchev–Trinajstić information content (AvgIpc) is 2.62. The van der Waals surface area contributed by atoms with Gasteiger partial charge in [0.15, 0.2) is 11.6 Å². The summed E-state index contributed by atoms with van der Waals surface area (Å²) in [6, 6.07) is 18.1. The molecule has 0 saturated carbocycles. The van der Waals surface area contributed by atoms with E-state index in [1.165, 1.54) is 0 Å². The van der Waals surface area contributed by atoms with Crippen LogP contribution in [0, 0.1) is 5.92 Å². The van der Waals surface area contributed by atoms with Crippen LogP contribution in [0.4, 0.5) is 0 Å². The third kappa shape index (κ3) is 3.02. The zero-order valence-corrected chi connectivity index (χ0v) is 12.1. The van der Waals surface area contributed by atoms with Crippen molar-refractivity contribution in [3.05, 3.63) is 71.8 Å². The molecular weight excluding hydrogens is 275 g/mol. The maximum Gasteiger partial charge on any atom is 0.293 e. The third-order valence-corrected chi connectivity index (χ3v) is 3.92. The Morgan fingerprint density at radius 3 is 2.00 bits per heavy atom. The normalized spacial score (nSPS) is 20.9. The lowest BCUT2D eigenvalue weighted by atomic mass is 9.75. The number of benzene rings is 2. The fourth-order valence-electron chi connectivity index (χ4n) is 2.76. The first-order valence-electron chi connectivity index (χ1n) is 7.43. The molecule has 1 fully saturated rings. The van der Waals surface area contributed by atoms with E-state index < -0.39 is 12.0 Å². The van der Waals surface area contributed by atoms with Gasteiger partial charge in [0.05, 0.1) is 5.92 Å². The van der Waals surface area contributed by atoms with Gasteiger partial charge >= 0.3 is 0 Å². The van der Waals surface area contributed by atoms with Crippen LogP contribution in [0.25, 0.3) is 0 Å². The summed E-state index contributed by atoms with van der Waals surface area (Å²) in [4.78, 5) is 25.3. The molecular formula is C18H16BO3. The molecule has 0 spiro atoms. The maximum absolute atomic E-state index is 12.7. The standard InChI is InChI=1S/C18H16BO3/c20-16(13-7-3-1-4-8-13)15-11-12-19-22-18(15)17(21)14-9-5-2-6-10-14/h1-10,15,18H,11-12H2. The van der Waals surface area contributed by atoms with Gasteiger partial charge < -0.3 is 4.65 Å². The van der Waals surface area contributed by atoms with Gasteiger partial charge in [0.2, 0.25) is 0 Å². The Kier molecular flexibility index (Phi) is 4.49. The van der Waals surface area contributed by atoms with Crippen LogP contribution in [0.5, 0.6) is 0 Å².